The minimum absolute atomic E-state index is 0.272. The van der Waals surface area contributed by atoms with Gasteiger partial charge in [0.15, 0.2) is 0 Å². The van der Waals surface area contributed by atoms with Crippen molar-refractivity contribution in [3.8, 4) is 0 Å². The van der Waals surface area contributed by atoms with Crippen molar-refractivity contribution in [1.29, 1.82) is 0 Å². The van der Waals surface area contributed by atoms with Crippen LogP contribution in [0.1, 0.15) is 0 Å². The maximum absolute atomic E-state index is 12.2. The van der Waals surface area contributed by atoms with Gasteiger partial charge in [-0.05, 0) is 93.7 Å². The molecule has 5 nitrogen and oxygen atoms in total. The van der Waals surface area contributed by atoms with Gasteiger partial charge in [-0.25, -0.2) is 8.42 Å². The summed E-state index contributed by atoms with van der Waals surface area (Å²) in [6.07, 6.45) is 1.09. The van der Waals surface area contributed by atoms with Crippen LogP contribution in [0.3, 0.4) is 0 Å². The molecule has 0 unspecified atom stereocenters. The number of hydrogen-bond donors (Lipinski definition) is 1. The summed E-state index contributed by atoms with van der Waals surface area (Å²) >= 11 is 4.31. The molecule has 0 saturated carbocycles. The number of hydrogen-bond acceptors (Lipinski definition) is 3. The van der Waals surface area contributed by atoms with Crippen LogP contribution in [0, 0.1) is 7.14 Å². The lowest BCUT2D eigenvalue weighted by Crippen LogP contribution is -2.37. The Hall–Kier alpha value is -0.880. The molecule has 8 heteroatoms. The number of rotatable bonds is 5. The first-order chi connectivity index (χ1) is 10.8. The minimum atomic E-state index is -3.56. The molecule has 23 heavy (non-hydrogen) atoms. The smallest absolute Gasteiger partial charge is 0.245 e. The predicted molar refractivity (Wildman–Crippen MR) is 109 cm³/mol. The van der Waals surface area contributed by atoms with Crippen molar-refractivity contribution in [2.75, 3.05) is 22.4 Å². The molecule has 2 aromatic rings. The van der Waals surface area contributed by atoms with Crippen LogP contribution < -0.4 is 9.62 Å². The molecule has 1 amide bonds. The summed E-state index contributed by atoms with van der Waals surface area (Å²) in [5, 5.41) is 2.70. The fraction of sp³-hybridized carbons (Fsp3) is 0.133. The van der Waals surface area contributed by atoms with Gasteiger partial charge in [0.25, 0.3) is 0 Å². The van der Waals surface area contributed by atoms with Crippen molar-refractivity contribution in [2.45, 2.75) is 0 Å². The zero-order valence-corrected chi connectivity index (χ0v) is 17.3. The van der Waals surface area contributed by atoms with E-state index in [1.165, 1.54) is 0 Å². The van der Waals surface area contributed by atoms with Gasteiger partial charge in [-0.15, -0.1) is 0 Å². The quantitative estimate of drug-likeness (QED) is 0.576. The number of nitrogens with one attached hydrogen (secondary N) is 1. The van der Waals surface area contributed by atoms with Gasteiger partial charge in [-0.3, -0.25) is 9.10 Å². The third kappa shape index (κ3) is 5.60. The Morgan fingerprint density at radius 2 is 1.48 bits per heavy atom. The van der Waals surface area contributed by atoms with Crippen LogP contribution >= 0.6 is 45.2 Å². The predicted octanol–water partition coefficient (Wildman–Crippen LogP) is 3.30. The maximum atomic E-state index is 12.2. The molecule has 0 aliphatic rings. The Kier molecular flexibility index (Phi) is 6.26. The Bertz CT molecular complexity index is 790. The minimum Gasteiger partial charge on any atom is -0.325 e. The van der Waals surface area contributed by atoms with Crippen molar-refractivity contribution in [2.24, 2.45) is 0 Å². The lowest BCUT2D eigenvalue weighted by Gasteiger charge is -2.22. The van der Waals surface area contributed by atoms with Crippen molar-refractivity contribution < 1.29 is 13.2 Å². The third-order valence-corrected chi connectivity index (χ3v) is 5.51. The summed E-state index contributed by atoms with van der Waals surface area (Å²) in [6.45, 7) is -0.272. The van der Waals surface area contributed by atoms with E-state index in [4.69, 9.17) is 0 Å². The summed E-state index contributed by atoms with van der Waals surface area (Å²) in [4.78, 5) is 12.2. The summed E-state index contributed by atoms with van der Waals surface area (Å²) in [5.41, 5.74) is 1.09. The van der Waals surface area contributed by atoms with E-state index in [9.17, 15) is 13.2 Å². The normalized spacial score (nSPS) is 11.1. The Morgan fingerprint density at radius 1 is 1.00 bits per heavy atom. The molecule has 0 radical (unpaired) electrons. The van der Waals surface area contributed by atoms with Gasteiger partial charge in [-0.2, -0.15) is 0 Å². The monoisotopic (exact) mass is 556 g/mol. The highest BCUT2D eigenvalue weighted by Gasteiger charge is 2.20. The number of nitrogens with zero attached hydrogens (tertiary/aromatic N) is 1. The molecular formula is C15H14I2N2O3S. The van der Waals surface area contributed by atoms with Gasteiger partial charge >= 0.3 is 0 Å². The van der Waals surface area contributed by atoms with E-state index in [1.807, 2.05) is 12.1 Å². The van der Waals surface area contributed by atoms with Gasteiger partial charge < -0.3 is 5.32 Å². The molecule has 0 heterocycles. The first-order valence-corrected chi connectivity index (χ1v) is 10.5. The number of halogens is 2. The van der Waals surface area contributed by atoms with E-state index in [1.54, 1.807) is 36.4 Å². The highest BCUT2D eigenvalue weighted by atomic mass is 127. The van der Waals surface area contributed by atoms with Crippen LogP contribution in [0.25, 0.3) is 0 Å². The summed E-state index contributed by atoms with van der Waals surface area (Å²) in [5.74, 6) is -0.393. The van der Waals surface area contributed by atoms with E-state index in [2.05, 4.69) is 50.5 Å². The molecule has 0 bridgehead atoms. The molecule has 1 N–H and O–H groups in total. The molecule has 0 aliphatic carbocycles. The number of carbonyl (C=O) groups excluding carboxylic acids is 1. The molecule has 0 fully saturated rings. The average molecular weight is 556 g/mol. The lowest BCUT2D eigenvalue weighted by molar-refractivity contribution is -0.114. The molecular weight excluding hydrogens is 542 g/mol. The van der Waals surface area contributed by atoms with E-state index in [-0.39, 0.29) is 6.54 Å². The number of benzene rings is 2. The summed E-state index contributed by atoms with van der Waals surface area (Å²) < 4.78 is 27.1. The summed E-state index contributed by atoms with van der Waals surface area (Å²) in [7, 11) is -3.56. The highest BCUT2D eigenvalue weighted by molar-refractivity contribution is 14.1. The van der Waals surface area contributed by atoms with Crippen molar-refractivity contribution in [3.05, 3.63) is 55.7 Å². The maximum Gasteiger partial charge on any atom is 0.245 e. The number of anilines is 2. The Morgan fingerprint density at radius 3 is 1.96 bits per heavy atom. The van der Waals surface area contributed by atoms with Gasteiger partial charge in [0.2, 0.25) is 15.9 Å². The molecule has 2 aromatic carbocycles. The van der Waals surface area contributed by atoms with Crippen molar-refractivity contribution >= 4 is 72.5 Å². The van der Waals surface area contributed by atoms with Gasteiger partial charge in [0.1, 0.15) is 6.54 Å². The van der Waals surface area contributed by atoms with E-state index >= 15 is 0 Å². The first kappa shape index (κ1) is 18.5. The highest BCUT2D eigenvalue weighted by Crippen LogP contribution is 2.19. The molecule has 2 rings (SSSR count). The van der Waals surface area contributed by atoms with Crippen LogP contribution in [-0.2, 0) is 14.8 Å². The van der Waals surface area contributed by atoms with Crippen molar-refractivity contribution in [3.63, 3.8) is 0 Å². The average Bonchev–Trinajstić information content (AvgIpc) is 2.47. The molecule has 0 atom stereocenters. The van der Waals surface area contributed by atoms with E-state index in [0.717, 1.165) is 17.7 Å². The number of amides is 1. The SMILES string of the molecule is CS(=O)(=O)N(CC(=O)Nc1ccc(I)cc1)c1ccc(I)cc1. The second kappa shape index (κ2) is 7.79. The zero-order chi connectivity index (χ0) is 17.0. The topological polar surface area (TPSA) is 66.5 Å². The first-order valence-electron chi connectivity index (χ1n) is 6.54. The van der Waals surface area contributed by atoms with Crippen LogP contribution in [0.4, 0.5) is 11.4 Å². The van der Waals surface area contributed by atoms with Gasteiger partial charge in [0, 0.05) is 12.8 Å². The third-order valence-electron chi connectivity index (χ3n) is 2.93. The Balaban J connectivity index is 2.16. The lowest BCUT2D eigenvalue weighted by atomic mass is 10.3. The zero-order valence-electron chi connectivity index (χ0n) is 12.2. The van der Waals surface area contributed by atoms with Crippen molar-refractivity contribution in [1.82, 2.24) is 0 Å². The van der Waals surface area contributed by atoms with Crippen LogP contribution in [0.15, 0.2) is 48.5 Å². The molecule has 0 saturated heterocycles. The molecule has 0 aliphatic heterocycles. The van der Waals surface area contributed by atoms with Gasteiger partial charge in [-0.1, -0.05) is 0 Å². The van der Waals surface area contributed by atoms with Crippen LogP contribution in [0.5, 0.6) is 0 Å². The van der Waals surface area contributed by atoms with E-state index < -0.39 is 15.9 Å². The van der Waals surface area contributed by atoms with Gasteiger partial charge in [0.05, 0.1) is 11.9 Å². The molecule has 122 valence electrons. The summed E-state index contributed by atoms with van der Waals surface area (Å²) in [6, 6.07) is 14.2. The van der Waals surface area contributed by atoms with Crippen LogP contribution in [0.2, 0.25) is 0 Å². The van der Waals surface area contributed by atoms with E-state index in [0.29, 0.717) is 11.4 Å². The molecule has 0 aromatic heterocycles. The largest absolute Gasteiger partial charge is 0.325 e. The Labute approximate surface area is 162 Å². The standard InChI is InChI=1S/C15H14I2N2O3S/c1-23(21,22)19(14-8-4-12(17)5-9-14)10-15(20)18-13-6-2-11(16)3-7-13/h2-9H,10H2,1H3,(H,18,20). The second-order valence-corrected chi connectivity index (χ2v) is 9.20. The number of sulfonamides is 1. The second-order valence-electron chi connectivity index (χ2n) is 4.80. The molecule has 0 spiro atoms. The van der Waals surface area contributed by atoms with Crippen LogP contribution in [-0.4, -0.2) is 27.1 Å². The fourth-order valence-electron chi connectivity index (χ4n) is 1.87. The fourth-order valence-corrected chi connectivity index (χ4v) is 3.45. The number of carbonyl (C=O) groups is 1.